The van der Waals surface area contributed by atoms with E-state index >= 15 is 0 Å². The molecular weight excluding hydrogens is 422 g/mol. The van der Waals surface area contributed by atoms with Crippen LogP contribution in [0, 0.1) is 0 Å². The van der Waals surface area contributed by atoms with Crippen molar-refractivity contribution in [3.05, 3.63) is 35.1 Å². The zero-order valence-corrected chi connectivity index (χ0v) is 17.8. The molecular formula is C18H22ClN3O6S. The van der Waals surface area contributed by atoms with E-state index in [1.165, 1.54) is 47.5 Å². The summed E-state index contributed by atoms with van der Waals surface area (Å²) in [6, 6.07) is 4.40. The van der Waals surface area contributed by atoms with Gasteiger partial charge < -0.3 is 24.1 Å². The molecule has 0 unspecified atom stereocenters. The van der Waals surface area contributed by atoms with Crippen molar-refractivity contribution in [2.24, 2.45) is 7.05 Å². The molecule has 1 N–H and O–H groups in total. The Balaban J connectivity index is 1.86. The summed E-state index contributed by atoms with van der Waals surface area (Å²) in [5.41, 5.74) is 0.482. The number of rotatable bonds is 6. The second-order valence-electron chi connectivity index (χ2n) is 6.33. The molecule has 0 spiro atoms. The van der Waals surface area contributed by atoms with Gasteiger partial charge in [0.25, 0.3) is 5.91 Å². The quantitative estimate of drug-likeness (QED) is 0.732. The predicted molar refractivity (Wildman–Crippen MR) is 108 cm³/mol. The minimum Gasteiger partial charge on any atom is -0.493 e. The number of nitrogens with one attached hydrogen (secondary N) is 1. The van der Waals surface area contributed by atoms with E-state index in [0.717, 1.165) is 0 Å². The van der Waals surface area contributed by atoms with Crippen molar-refractivity contribution in [2.75, 3.05) is 45.8 Å². The molecule has 1 fully saturated rings. The molecule has 11 heteroatoms. The number of aromatic nitrogens is 1. The number of carbonyl (C=O) groups is 1. The third-order valence-electron chi connectivity index (χ3n) is 4.54. The largest absolute Gasteiger partial charge is 0.493 e. The van der Waals surface area contributed by atoms with Crippen LogP contribution < -0.4 is 14.8 Å². The molecule has 0 saturated carbocycles. The molecule has 1 aliphatic rings. The molecule has 0 atom stereocenters. The zero-order valence-electron chi connectivity index (χ0n) is 16.3. The van der Waals surface area contributed by atoms with E-state index < -0.39 is 15.9 Å². The van der Waals surface area contributed by atoms with Gasteiger partial charge in [0.05, 0.1) is 38.1 Å². The van der Waals surface area contributed by atoms with Gasteiger partial charge in [-0.1, -0.05) is 11.6 Å². The first kappa shape index (κ1) is 21.4. The fraction of sp³-hybridized carbons (Fsp3) is 0.389. The van der Waals surface area contributed by atoms with Crippen LogP contribution in [-0.2, 0) is 21.8 Å². The summed E-state index contributed by atoms with van der Waals surface area (Å²) in [6.07, 6.45) is 1.41. The van der Waals surface area contributed by atoms with Gasteiger partial charge in [-0.3, -0.25) is 4.79 Å². The molecule has 0 radical (unpaired) electrons. The summed E-state index contributed by atoms with van der Waals surface area (Å²) in [5, 5.41) is 2.94. The number of aryl methyl sites for hydroxylation is 1. The van der Waals surface area contributed by atoms with Gasteiger partial charge in [0.1, 0.15) is 10.6 Å². The number of anilines is 1. The minimum atomic E-state index is -3.71. The molecule has 0 bridgehead atoms. The van der Waals surface area contributed by atoms with Crippen LogP contribution in [0.15, 0.2) is 29.3 Å². The van der Waals surface area contributed by atoms with E-state index in [1.807, 2.05) is 0 Å². The van der Waals surface area contributed by atoms with E-state index in [0.29, 0.717) is 30.4 Å². The molecule has 158 valence electrons. The summed E-state index contributed by atoms with van der Waals surface area (Å²) in [5.74, 6) is 0.313. The van der Waals surface area contributed by atoms with Crippen molar-refractivity contribution in [3.8, 4) is 11.5 Å². The average Bonchev–Trinajstić information content (AvgIpc) is 3.12. The maximum absolute atomic E-state index is 12.8. The van der Waals surface area contributed by atoms with Gasteiger partial charge in [-0.05, 0) is 6.07 Å². The van der Waals surface area contributed by atoms with Crippen molar-refractivity contribution in [1.82, 2.24) is 8.87 Å². The number of benzene rings is 1. The first-order valence-electron chi connectivity index (χ1n) is 8.75. The summed E-state index contributed by atoms with van der Waals surface area (Å²) in [7, 11) is 0.841. The van der Waals surface area contributed by atoms with Crippen molar-refractivity contribution in [1.29, 1.82) is 0 Å². The highest BCUT2D eigenvalue weighted by atomic mass is 35.5. The highest BCUT2D eigenvalue weighted by Gasteiger charge is 2.29. The zero-order chi connectivity index (χ0) is 21.2. The smallest absolute Gasteiger partial charge is 0.272 e. The average molecular weight is 444 g/mol. The highest BCUT2D eigenvalue weighted by molar-refractivity contribution is 7.89. The lowest BCUT2D eigenvalue weighted by molar-refractivity contribution is 0.0730. The van der Waals surface area contributed by atoms with Gasteiger partial charge in [0.2, 0.25) is 10.0 Å². The van der Waals surface area contributed by atoms with E-state index in [2.05, 4.69) is 5.32 Å². The number of ether oxygens (including phenoxy) is 3. The molecule has 1 aromatic carbocycles. The maximum atomic E-state index is 12.8. The third-order valence-corrected chi connectivity index (χ3v) is 6.72. The summed E-state index contributed by atoms with van der Waals surface area (Å²) < 4.78 is 44.0. The fourth-order valence-corrected chi connectivity index (χ4v) is 4.65. The molecule has 2 heterocycles. The standard InChI is InChI=1S/C18H22ClN3O6S/c1-21-11-12(29(24,25)22-4-6-28-7-5-22)8-15(21)18(23)20-14-10-17(27-3)16(26-2)9-13(14)19/h8-11H,4-7H2,1-3H3,(H,20,23). The van der Waals surface area contributed by atoms with Crippen molar-refractivity contribution in [2.45, 2.75) is 4.90 Å². The monoisotopic (exact) mass is 443 g/mol. The van der Waals surface area contributed by atoms with Crippen LogP contribution in [0.3, 0.4) is 0 Å². The third kappa shape index (κ3) is 4.35. The minimum absolute atomic E-state index is 0.0467. The molecule has 1 amide bonds. The number of hydrogen-bond donors (Lipinski definition) is 1. The van der Waals surface area contributed by atoms with E-state index in [9.17, 15) is 13.2 Å². The number of nitrogens with zero attached hydrogens (tertiary/aromatic N) is 2. The number of morpholine rings is 1. The Morgan fingerprint density at radius 3 is 2.38 bits per heavy atom. The summed E-state index contributed by atoms with van der Waals surface area (Å²) in [4.78, 5) is 12.8. The first-order valence-corrected chi connectivity index (χ1v) is 10.6. The predicted octanol–water partition coefficient (Wildman–Crippen LogP) is 1.97. The molecule has 9 nitrogen and oxygen atoms in total. The van der Waals surface area contributed by atoms with E-state index in [1.54, 1.807) is 7.05 Å². The SMILES string of the molecule is COc1cc(Cl)c(NC(=O)c2cc(S(=O)(=O)N3CCOCC3)cn2C)cc1OC. The molecule has 29 heavy (non-hydrogen) atoms. The van der Waals surface area contributed by atoms with Gasteiger partial charge in [-0.2, -0.15) is 4.31 Å². The Labute approximate surface area is 174 Å². The van der Waals surface area contributed by atoms with Crippen LogP contribution >= 0.6 is 11.6 Å². The van der Waals surface area contributed by atoms with Crippen LogP contribution in [0.25, 0.3) is 0 Å². The lowest BCUT2D eigenvalue weighted by Crippen LogP contribution is -2.40. The lowest BCUT2D eigenvalue weighted by atomic mass is 10.2. The topological polar surface area (TPSA) is 99.1 Å². The Hall–Kier alpha value is -2.27. The molecule has 1 saturated heterocycles. The number of sulfonamides is 1. The van der Waals surface area contributed by atoms with Crippen LogP contribution in [-0.4, -0.2) is 63.7 Å². The highest BCUT2D eigenvalue weighted by Crippen LogP contribution is 2.36. The molecule has 1 aliphatic heterocycles. The van der Waals surface area contributed by atoms with E-state index in [-0.39, 0.29) is 28.7 Å². The molecule has 3 rings (SSSR count). The Kier molecular flexibility index (Phi) is 6.37. The van der Waals surface area contributed by atoms with Gasteiger partial charge in [-0.15, -0.1) is 0 Å². The lowest BCUT2D eigenvalue weighted by Gasteiger charge is -2.25. The number of methoxy groups -OCH3 is 2. The van der Waals surface area contributed by atoms with Gasteiger partial charge >= 0.3 is 0 Å². The van der Waals surface area contributed by atoms with Gasteiger partial charge in [0, 0.05) is 38.5 Å². The second kappa shape index (κ2) is 8.62. The number of amides is 1. The number of hydrogen-bond acceptors (Lipinski definition) is 6. The Morgan fingerprint density at radius 2 is 1.76 bits per heavy atom. The number of carbonyl (C=O) groups excluding carboxylic acids is 1. The second-order valence-corrected chi connectivity index (χ2v) is 8.67. The first-order chi connectivity index (χ1) is 13.8. The number of halogens is 1. The van der Waals surface area contributed by atoms with Crippen LogP contribution in [0.1, 0.15) is 10.5 Å². The summed E-state index contributed by atoms with van der Waals surface area (Å²) >= 11 is 6.22. The van der Waals surface area contributed by atoms with Crippen molar-refractivity contribution >= 4 is 33.2 Å². The maximum Gasteiger partial charge on any atom is 0.272 e. The van der Waals surface area contributed by atoms with Gasteiger partial charge in [-0.25, -0.2) is 8.42 Å². The normalized spacial score (nSPS) is 15.2. The molecule has 1 aromatic heterocycles. The molecule has 0 aliphatic carbocycles. The van der Waals surface area contributed by atoms with Crippen molar-refractivity contribution < 1.29 is 27.4 Å². The molecule has 2 aromatic rings. The van der Waals surface area contributed by atoms with E-state index in [4.69, 9.17) is 25.8 Å². The Bertz CT molecular complexity index is 1010. The van der Waals surface area contributed by atoms with Crippen LogP contribution in [0.5, 0.6) is 11.5 Å². The van der Waals surface area contributed by atoms with Crippen LogP contribution in [0.4, 0.5) is 5.69 Å². The fourth-order valence-electron chi connectivity index (χ4n) is 2.97. The van der Waals surface area contributed by atoms with Gasteiger partial charge in [0.15, 0.2) is 11.5 Å². The van der Waals surface area contributed by atoms with Crippen molar-refractivity contribution in [3.63, 3.8) is 0 Å². The van der Waals surface area contributed by atoms with Crippen LogP contribution in [0.2, 0.25) is 5.02 Å². The summed E-state index contributed by atoms with van der Waals surface area (Å²) in [6.45, 7) is 1.24. The Morgan fingerprint density at radius 1 is 1.14 bits per heavy atom.